The first-order valence-corrected chi connectivity index (χ1v) is 8.82. The Morgan fingerprint density at radius 3 is 1.96 bits per heavy atom. The van der Waals surface area contributed by atoms with Gasteiger partial charge in [0.2, 0.25) is 0 Å². The SMILES string of the molecule is O=C(ON=C1c2ccccc2CCc2ccccc21)c1ccccc1Cl. The fourth-order valence-corrected chi connectivity index (χ4v) is 3.43. The molecule has 0 aliphatic heterocycles. The highest BCUT2D eigenvalue weighted by Gasteiger charge is 2.20. The van der Waals surface area contributed by atoms with Crippen molar-refractivity contribution in [3.8, 4) is 0 Å². The van der Waals surface area contributed by atoms with Crippen molar-refractivity contribution < 1.29 is 9.63 Å². The molecule has 0 bridgehead atoms. The van der Waals surface area contributed by atoms with E-state index >= 15 is 0 Å². The fourth-order valence-electron chi connectivity index (χ4n) is 3.21. The van der Waals surface area contributed by atoms with Crippen molar-refractivity contribution in [2.24, 2.45) is 5.16 Å². The van der Waals surface area contributed by atoms with E-state index in [9.17, 15) is 4.79 Å². The van der Waals surface area contributed by atoms with Crippen LogP contribution < -0.4 is 0 Å². The number of nitrogens with zero attached hydrogens (tertiary/aromatic N) is 1. The third-order valence-electron chi connectivity index (χ3n) is 4.52. The standard InChI is InChI=1S/C22H16ClNO2/c23-20-12-6-5-11-19(20)22(25)26-24-21-17-9-3-1-7-15(17)13-14-16-8-2-4-10-18(16)21/h1-12H,13-14H2. The quantitative estimate of drug-likeness (QED) is 0.473. The molecular weight excluding hydrogens is 346 g/mol. The van der Waals surface area contributed by atoms with Crippen LogP contribution in [-0.2, 0) is 17.7 Å². The molecule has 3 aromatic rings. The van der Waals surface area contributed by atoms with E-state index < -0.39 is 5.97 Å². The molecule has 4 rings (SSSR count). The first-order valence-electron chi connectivity index (χ1n) is 8.44. The van der Waals surface area contributed by atoms with Crippen molar-refractivity contribution in [1.82, 2.24) is 0 Å². The van der Waals surface area contributed by atoms with Crippen LogP contribution in [0, 0.1) is 0 Å². The Kier molecular flexibility index (Phi) is 4.55. The summed E-state index contributed by atoms with van der Waals surface area (Å²) < 4.78 is 0. The zero-order valence-electron chi connectivity index (χ0n) is 14.0. The molecule has 26 heavy (non-hydrogen) atoms. The minimum atomic E-state index is -0.567. The van der Waals surface area contributed by atoms with E-state index in [1.54, 1.807) is 24.3 Å². The van der Waals surface area contributed by atoms with Crippen molar-refractivity contribution in [2.45, 2.75) is 12.8 Å². The summed E-state index contributed by atoms with van der Waals surface area (Å²) in [7, 11) is 0. The molecule has 1 aliphatic rings. The highest BCUT2D eigenvalue weighted by molar-refractivity contribution is 6.33. The average Bonchev–Trinajstić information content (AvgIpc) is 2.83. The number of hydrogen-bond donors (Lipinski definition) is 0. The van der Waals surface area contributed by atoms with E-state index in [1.165, 1.54) is 11.1 Å². The van der Waals surface area contributed by atoms with Gasteiger partial charge in [0.1, 0.15) is 5.71 Å². The topological polar surface area (TPSA) is 38.7 Å². The van der Waals surface area contributed by atoms with Gasteiger partial charge in [0.05, 0.1) is 10.6 Å². The predicted molar refractivity (Wildman–Crippen MR) is 103 cm³/mol. The van der Waals surface area contributed by atoms with E-state index in [0.717, 1.165) is 24.0 Å². The summed E-state index contributed by atoms with van der Waals surface area (Å²) in [5.41, 5.74) is 5.34. The number of carbonyl (C=O) groups is 1. The third-order valence-corrected chi connectivity index (χ3v) is 4.85. The van der Waals surface area contributed by atoms with Gasteiger partial charge in [-0.2, -0.15) is 0 Å². The number of carbonyl (C=O) groups excluding carboxylic acids is 1. The van der Waals surface area contributed by atoms with Gasteiger partial charge in [0.15, 0.2) is 0 Å². The van der Waals surface area contributed by atoms with Crippen LogP contribution in [-0.4, -0.2) is 11.7 Å². The lowest BCUT2D eigenvalue weighted by molar-refractivity contribution is 0.0517. The van der Waals surface area contributed by atoms with E-state index in [0.29, 0.717) is 16.3 Å². The minimum absolute atomic E-state index is 0.300. The number of benzene rings is 3. The van der Waals surface area contributed by atoms with Gasteiger partial charge in [0.25, 0.3) is 0 Å². The van der Waals surface area contributed by atoms with Gasteiger partial charge in [-0.05, 0) is 36.1 Å². The second-order valence-electron chi connectivity index (χ2n) is 6.11. The molecule has 0 saturated carbocycles. The molecule has 0 amide bonds. The summed E-state index contributed by atoms with van der Waals surface area (Å²) >= 11 is 6.08. The molecule has 0 N–H and O–H groups in total. The summed E-state index contributed by atoms with van der Waals surface area (Å²) in [5, 5.41) is 4.60. The highest BCUT2D eigenvalue weighted by Crippen LogP contribution is 2.25. The Labute approximate surface area is 156 Å². The Bertz CT molecular complexity index is 961. The number of rotatable bonds is 2. The van der Waals surface area contributed by atoms with Crippen molar-refractivity contribution >= 4 is 23.3 Å². The monoisotopic (exact) mass is 361 g/mol. The van der Waals surface area contributed by atoms with Crippen molar-refractivity contribution in [2.75, 3.05) is 0 Å². The largest absolute Gasteiger partial charge is 0.367 e. The molecule has 0 atom stereocenters. The molecule has 1 aliphatic carbocycles. The molecule has 0 heterocycles. The van der Waals surface area contributed by atoms with Gasteiger partial charge in [-0.1, -0.05) is 77.4 Å². The Hall–Kier alpha value is -2.91. The summed E-state index contributed by atoms with van der Waals surface area (Å²) in [5.74, 6) is -0.567. The maximum Gasteiger partial charge on any atom is 0.367 e. The van der Waals surface area contributed by atoms with Gasteiger partial charge in [-0.25, -0.2) is 4.79 Å². The molecule has 4 heteroatoms. The molecule has 0 spiro atoms. The second kappa shape index (κ2) is 7.14. The number of hydrogen-bond acceptors (Lipinski definition) is 3. The highest BCUT2D eigenvalue weighted by atomic mass is 35.5. The lowest BCUT2D eigenvalue weighted by Gasteiger charge is -2.10. The summed E-state index contributed by atoms with van der Waals surface area (Å²) in [6.07, 6.45) is 1.84. The van der Waals surface area contributed by atoms with Crippen LogP contribution in [0.1, 0.15) is 32.6 Å². The normalized spacial score (nSPS) is 12.6. The Morgan fingerprint density at radius 2 is 1.35 bits per heavy atom. The smallest absolute Gasteiger partial charge is 0.312 e. The van der Waals surface area contributed by atoms with E-state index in [4.69, 9.17) is 16.4 Å². The molecule has 0 unspecified atom stereocenters. The number of oxime groups is 1. The zero-order chi connectivity index (χ0) is 17.9. The average molecular weight is 362 g/mol. The van der Waals surface area contributed by atoms with Gasteiger partial charge in [-0.3, -0.25) is 0 Å². The maximum atomic E-state index is 12.4. The van der Waals surface area contributed by atoms with Crippen molar-refractivity contribution in [1.29, 1.82) is 0 Å². The molecule has 3 nitrogen and oxygen atoms in total. The minimum Gasteiger partial charge on any atom is -0.312 e. The van der Waals surface area contributed by atoms with Crippen LogP contribution >= 0.6 is 11.6 Å². The van der Waals surface area contributed by atoms with Crippen molar-refractivity contribution in [3.63, 3.8) is 0 Å². The molecule has 128 valence electrons. The van der Waals surface area contributed by atoms with Crippen LogP contribution in [0.4, 0.5) is 0 Å². The number of aryl methyl sites for hydroxylation is 2. The fraction of sp³-hybridized carbons (Fsp3) is 0.0909. The molecule has 3 aromatic carbocycles. The van der Waals surface area contributed by atoms with Crippen LogP contribution in [0.5, 0.6) is 0 Å². The van der Waals surface area contributed by atoms with E-state index in [1.807, 2.05) is 36.4 Å². The number of fused-ring (bicyclic) bond motifs is 2. The Balaban J connectivity index is 1.76. The van der Waals surface area contributed by atoms with Gasteiger partial charge >= 0.3 is 5.97 Å². The maximum absolute atomic E-state index is 12.4. The van der Waals surface area contributed by atoms with Gasteiger partial charge in [0, 0.05) is 11.1 Å². The van der Waals surface area contributed by atoms with Crippen LogP contribution in [0.15, 0.2) is 78.0 Å². The predicted octanol–water partition coefficient (Wildman–Crippen LogP) is 5.05. The molecule has 0 aromatic heterocycles. The molecular formula is C22H16ClNO2. The second-order valence-corrected chi connectivity index (χ2v) is 6.52. The number of halogens is 1. The van der Waals surface area contributed by atoms with Crippen LogP contribution in [0.3, 0.4) is 0 Å². The molecule has 0 fully saturated rings. The van der Waals surface area contributed by atoms with Gasteiger partial charge in [-0.15, -0.1) is 0 Å². The Morgan fingerprint density at radius 1 is 0.808 bits per heavy atom. The van der Waals surface area contributed by atoms with Crippen molar-refractivity contribution in [3.05, 3.63) is 106 Å². The van der Waals surface area contributed by atoms with Crippen LogP contribution in [0.25, 0.3) is 0 Å². The first kappa shape index (κ1) is 16.6. The van der Waals surface area contributed by atoms with E-state index in [-0.39, 0.29) is 0 Å². The molecule has 0 radical (unpaired) electrons. The molecule has 0 saturated heterocycles. The van der Waals surface area contributed by atoms with Crippen LogP contribution in [0.2, 0.25) is 5.02 Å². The lowest BCUT2D eigenvalue weighted by atomic mass is 9.98. The zero-order valence-corrected chi connectivity index (χ0v) is 14.7. The lowest BCUT2D eigenvalue weighted by Crippen LogP contribution is -2.10. The summed E-state index contributed by atoms with van der Waals surface area (Å²) in [6, 6.07) is 23.0. The summed E-state index contributed by atoms with van der Waals surface area (Å²) in [4.78, 5) is 17.7. The van der Waals surface area contributed by atoms with Gasteiger partial charge < -0.3 is 4.84 Å². The van der Waals surface area contributed by atoms with E-state index in [2.05, 4.69) is 17.3 Å². The third kappa shape index (κ3) is 3.14. The first-order chi connectivity index (χ1) is 12.7. The summed E-state index contributed by atoms with van der Waals surface area (Å²) in [6.45, 7) is 0.